The molecule has 0 bridgehead atoms. The van der Waals surface area contributed by atoms with Crippen molar-refractivity contribution < 1.29 is 19.5 Å². The predicted octanol–water partition coefficient (Wildman–Crippen LogP) is 0.791. The Morgan fingerprint density at radius 3 is 2.13 bits per heavy atom. The van der Waals surface area contributed by atoms with Crippen molar-refractivity contribution in [2.24, 2.45) is 5.92 Å². The van der Waals surface area contributed by atoms with Crippen molar-refractivity contribution in [3.8, 4) is 0 Å². The molecule has 0 aliphatic heterocycles. The lowest BCUT2D eigenvalue weighted by atomic mass is 10.0. The number of carboxylic acids is 1. The normalized spacial score (nSPS) is 13.7. The van der Waals surface area contributed by atoms with E-state index in [1.165, 1.54) is 6.92 Å². The van der Waals surface area contributed by atoms with Crippen LogP contribution < -0.4 is 5.32 Å². The maximum Gasteiger partial charge on any atom is 0.320 e. The van der Waals surface area contributed by atoms with Gasteiger partial charge >= 0.3 is 5.97 Å². The van der Waals surface area contributed by atoms with Crippen LogP contribution >= 0.6 is 0 Å². The lowest BCUT2D eigenvalue weighted by Crippen LogP contribution is -2.49. The van der Waals surface area contributed by atoms with Gasteiger partial charge in [-0.1, -0.05) is 13.8 Å². The minimum Gasteiger partial charge on any atom is -0.480 e. The van der Waals surface area contributed by atoms with Crippen LogP contribution in [0.4, 0.5) is 0 Å². The zero-order chi connectivity index (χ0) is 18.2. The molecule has 23 heavy (non-hydrogen) atoms. The highest BCUT2D eigenvalue weighted by Crippen LogP contribution is 2.10. The molecule has 0 rings (SSSR count). The van der Waals surface area contributed by atoms with Gasteiger partial charge in [0.2, 0.25) is 11.8 Å². The van der Waals surface area contributed by atoms with Gasteiger partial charge in [-0.3, -0.25) is 19.3 Å². The van der Waals surface area contributed by atoms with E-state index in [9.17, 15) is 19.5 Å². The summed E-state index contributed by atoms with van der Waals surface area (Å²) in [5.41, 5.74) is 0. The number of carbonyl (C=O) groups is 3. The number of aliphatic carboxylic acids is 1. The Morgan fingerprint density at radius 1 is 1.13 bits per heavy atom. The van der Waals surface area contributed by atoms with E-state index in [-0.39, 0.29) is 24.4 Å². The molecule has 2 amide bonds. The van der Waals surface area contributed by atoms with E-state index in [0.717, 1.165) is 6.42 Å². The van der Waals surface area contributed by atoms with Gasteiger partial charge in [-0.25, -0.2) is 0 Å². The van der Waals surface area contributed by atoms with Gasteiger partial charge in [0.05, 0.1) is 6.54 Å². The Hall–Kier alpha value is -1.63. The molecule has 7 heteroatoms. The van der Waals surface area contributed by atoms with E-state index >= 15 is 0 Å². The molecule has 0 aliphatic rings. The Bertz CT molecular complexity index is 412. The molecule has 2 atom stereocenters. The first kappa shape index (κ1) is 21.4. The van der Waals surface area contributed by atoms with Crippen molar-refractivity contribution in [1.82, 2.24) is 15.1 Å². The van der Waals surface area contributed by atoms with E-state index in [0.29, 0.717) is 19.0 Å². The van der Waals surface area contributed by atoms with Crippen LogP contribution in [-0.4, -0.2) is 71.5 Å². The number of carbonyl (C=O) groups excluding carboxylic acids is 2. The smallest absolute Gasteiger partial charge is 0.320 e. The first-order valence-corrected chi connectivity index (χ1v) is 8.03. The Balaban J connectivity index is 4.75. The van der Waals surface area contributed by atoms with Gasteiger partial charge in [-0.2, -0.15) is 0 Å². The minimum absolute atomic E-state index is 0.0198. The van der Waals surface area contributed by atoms with Crippen LogP contribution in [0.15, 0.2) is 0 Å². The number of hydrogen-bond acceptors (Lipinski definition) is 4. The summed E-state index contributed by atoms with van der Waals surface area (Å²) in [6.07, 6.45) is 0.891. The van der Waals surface area contributed by atoms with E-state index in [2.05, 4.69) is 19.2 Å². The third kappa shape index (κ3) is 8.54. The fourth-order valence-electron chi connectivity index (χ4n) is 2.31. The van der Waals surface area contributed by atoms with Gasteiger partial charge < -0.3 is 15.3 Å². The Labute approximate surface area is 139 Å². The molecule has 0 saturated carbocycles. The summed E-state index contributed by atoms with van der Waals surface area (Å²) in [5, 5.41) is 11.8. The van der Waals surface area contributed by atoms with Crippen molar-refractivity contribution in [2.45, 2.75) is 53.1 Å². The largest absolute Gasteiger partial charge is 0.480 e. The molecule has 0 saturated heterocycles. The molecule has 134 valence electrons. The Morgan fingerprint density at radius 2 is 1.70 bits per heavy atom. The third-order valence-corrected chi connectivity index (χ3v) is 3.88. The van der Waals surface area contributed by atoms with Crippen LogP contribution in [0, 0.1) is 5.92 Å². The lowest BCUT2D eigenvalue weighted by Gasteiger charge is -2.31. The molecule has 7 nitrogen and oxygen atoms in total. The summed E-state index contributed by atoms with van der Waals surface area (Å²) < 4.78 is 0. The van der Waals surface area contributed by atoms with Crippen molar-refractivity contribution in [3.63, 3.8) is 0 Å². The average molecular weight is 329 g/mol. The maximum absolute atomic E-state index is 12.4. The SMILES string of the molecule is CC(=O)NCCN(CC(=O)N(C)C(C)CC(C)C)C(C)C(=O)O. The quantitative estimate of drug-likeness (QED) is 0.618. The number of rotatable bonds is 10. The molecule has 0 aromatic heterocycles. The summed E-state index contributed by atoms with van der Waals surface area (Å²) >= 11 is 0. The molecule has 2 unspecified atom stereocenters. The van der Waals surface area contributed by atoms with Crippen molar-refractivity contribution >= 4 is 17.8 Å². The molecule has 0 radical (unpaired) electrons. The van der Waals surface area contributed by atoms with E-state index in [1.54, 1.807) is 23.8 Å². The highest BCUT2D eigenvalue weighted by molar-refractivity contribution is 5.80. The summed E-state index contributed by atoms with van der Waals surface area (Å²) in [5.74, 6) is -0.802. The Kier molecular flexibility index (Phi) is 9.48. The molecule has 0 aromatic rings. The highest BCUT2D eigenvalue weighted by Gasteiger charge is 2.25. The maximum atomic E-state index is 12.4. The molecule has 0 aromatic carbocycles. The van der Waals surface area contributed by atoms with Crippen LogP contribution in [0.3, 0.4) is 0 Å². The number of nitrogens with zero attached hydrogens (tertiary/aromatic N) is 2. The van der Waals surface area contributed by atoms with Crippen LogP contribution in [0.25, 0.3) is 0 Å². The second kappa shape index (κ2) is 10.2. The van der Waals surface area contributed by atoms with E-state index in [4.69, 9.17) is 0 Å². The molecule has 2 N–H and O–H groups in total. The second-order valence-electron chi connectivity index (χ2n) is 6.45. The zero-order valence-corrected chi connectivity index (χ0v) is 15.1. The second-order valence-corrected chi connectivity index (χ2v) is 6.45. The van der Waals surface area contributed by atoms with Gasteiger partial charge in [0.1, 0.15) is 6.04 Å². The van der Waals surface area contributed by atoms with Gasteiger partial charge in [-0.15, -0.1) is 0 Å². The van der Waals surface area contributed by atoms with Crippen molar-refractivity contribution in [3.05, 3.63) is 0 Å². The number of hydrogen-bond donors (Lipinski definition) is 2. The number of carboxylic acid groups (broad SMARTS) is 1. The molecular weight excluding hydrogens is 298 g/mol. The number of amides is 2. The van der Waals surface area contributed by atoms with E-state index < -0.39 is 12.0 Å². The molecule has 0 spiro atoms. The minimum atomic E-state index is -0.987. The first-order chi connectivity index (χ1) is 10.6. The van der Waals surface area contributed by atoms with Gasteiger partial charge in [0.15, 0.2) is 0 Å². The predicted molar refractivity (Wildman–Crippen MR) is 89.0 cm³/mol. The highest BCUT2D eigenvalue weighted by atomic mass is 16.4. The number of nitrogens with one attached hydrogen (secondary N) is 1. The average Bonchev–Trinajstić information content (AvgIpc) is 2.43. The fraction of sp³-hybridized carbons (Fsp3) is 0.812. The summed E-state index contributed by atoms with van der Waals surface area (Å²) in [4.78, 5) is 37.8. The van der Waals surface area contributed by atoms with Crippen molar-refractivity contribution in [1.29, 1.82) is 0 Å². The first-order valence-electron chi connectivity index (χ1n) is 8.03. The summed E-state index contributed by atoms with van der Waals surface area (Å²) in [6, 6.07) is -0.693. The van der Waals surface area contributed by atoms with Gasteiger partial charge in [0.25, 0.3) is 0 Å². The molecular formula is C16H31N3O4. The summed E-state index contributed by atoms with van der Waals surface area (Å²) in [7, 11) is 1.74. The topological polar surface area (TPSA) is 90.0 Å². The zero-order valence-electron chi connectivity index (χ0n) is 15.1. The van der Waals surface area contributed by atoms with Crippen molar-refractivity contribution in [2.75, 3.05) is 26.7 Å². The lowest BCUT2D eigenvalue weighted by molar-refractivity contribution is -0.144. The van der Waals surface area contributed by atoms with Gasteiger partial charge in [0, 0.05) is 33.1 Å². The molecule has 0 fully saturated rings. The van der Waals surface area contributed by atoms with E-state index in [1.807, 2.05) is 6.92 Å². The van der Waals surface area contributed by atoms with Crippen LogP contribution in [0.5, 0.6) is 0 Å². The monoisotopic (exact) mass is 329 g/mol. The number of likely N-dealkylation sites (N-methyl/N-ethyl adjacent to an activating group) is 1. The fourth-order valence-corrected chi connectivity index (χ4v) is 2.31. The van der Waals surface area contributed by atoms with Gasteiger partial charge in [-0.05, 0) is 26.2 Å². The third-order valence-electron chi connectivity index (χ3n) is 3.88. The summed E-state index contributed by atoms with van der Waals surface area (Å²) in [6.45, 7) is 9.77. The van der Waals surface area contributed by atoms with Crippen LogP contribution in [0.2, 0.25) is 0 Å². The van der Waals surface area contributed by atoms with Crippen LogP contribution in [-0.2, 0) is 14.4 Å². The molecule has 0 heterocycles. The molecule has 0 aliphatic carbocycles. The van der Waals surface area contributed by atoms with Crippen LogP contribution in [0.1, 0.15) is 41.0 Å². The standard InChI is InChI=1S/C16H31N3O4/c1-11(2)9-12(3)18(6)15(21)10-19(13(4)16(22)23)8-7-17-14(5)20/h11-13H,7-10H2,1-6H3,(H,17,20)(H,22,23).